The first-order valence-electron chi connectivity index (χ1n) is 6.92. The first-order valence-corrected chi connectivity index (χ1v) is 7.71. The third-order valence-corrected chi connectivity index (χ3v) is 4.66. The average molecular weight is 344 g/mol. The van der Waals surface area contributed by atoms with Crippen molar-refractivity contribution in [2.24, 2.45) is 5.92 Å². The second kappa shape index (κ2) is 6.68. The monoisotopic (exact) mass is 343 g/mol. The van der Waals surface area contributed by atoms with Crippen LogP contribution in [0.15, 0.2) is 22.7 Å². The predicted octanol–water partition coefficient (Wildman–Crippen LogP) is 3.66. The molecule has 110 valence electrons. The second-order valence-corrected chi connectivity index (χ2v) is 6.23. The normalized spacial score (nSPS) is 23.8. The van der Waals surface area contributed by atoms with Crippen LogP contribution in [0, 0.1) is 11.7 Å². The Labute approximate surface area is 126 Å². The molecular formula is C15H19BrFNO2. The topological polar surface area (TPSA) is 40.5 Å². The highest BCUT2D eigenvalue weighted by Crippen LogP contribution is 2.27. The fraction of sp³-hybridized carbons (Fsp3) is 0.533. The zero-order valence-electron chi connectivity index (χ0n) is 11.5. The molecule has 3 nitrogen and oxygen atoms in total. The summed E-state index contributed by atoms with van der Waals surface area (Å²) in [5.74, 6) is -0.565. The third kappa shape index (κ3) is 3.58. The van der Waals surface area contributed by atoms with Crippen LogP contribution in [0.25, 0.3) is 0 Å². The number of benzene rings is 1. The molecule has 0 aromatic heterocycles. The molecule has 0 bridgehead atoms. The maximum atomic E-state index is 13.2. The fourth-order valence-electron chi connectivity index (χ4n) is 2.78. The molecule has 2 atom stereocenters. The van der Waals surface area contributed by atoms with Crippen molar-refractivity contribution in [2.75, 3.05) is 6.54 Å². The Morgan fingerprint density at radius 2 is 2.30 bits per heavy atom. The number of hydrogen-bond donors (Lipinski definition) is 1. The zero-order valence-corrected chi connectivity index (χ0v) is 13.1. The molecule has 0 saturated carbocycles. The molecule has 1 aliphatic rings. The maximum Gasteiger partial charge on any atom is 0.320 e. The third-order valence-electron chi connectivity index (χ3n) is 4.05. The van der Waals surface area contributed by atoms with Crippen molar-refractivity contribution in [1.82, 2.24) is 4.90 Å². The van der Waals surface area contributed by atoms with Crippen molar-refractivity contribution in [3.63, 3.8) is 0 Å². The van der Waals surface area contributed by atoms with Crippen LogP contribution in [0.1, 0.15) is 31.7 Å². The van der Waals surface area contributed by atoms with E-state index in [0.29, 0.717) is 23.4 Å². The van der Waals surface area contributed by atoms with E-state index in [0.717, 1.165) is 24.9 Å². The van der Waals surface area contributed by atoms with E-state index < -0.39 is 12.0 Å². The lowest BCUT2D eigenvalue weighted by Gasteiger charge is -2.37. The lowest BCUT2D eigenvalue weighted by atomic mass is 9.88. The lowest BCUT2D eigenvalue weighted by molar-refractivity contribution is -0.145. The number of halogens is 2. The van der Waals surface area contributed by atoms with E-state index in [9.17, 15) is 14.3 Å². The van der Waals surface area contributed by atoms with Crippen LogP contribution < -0.4 is 0 Å². The van der Waals surface area contributed by atoms with Crippen LogP contribution in [-0.2, 0) is 11.3 Å². The van der Waals surface area contributed by atoms with Gasteiger partial charge in [-0.3, -0.25) is 9.69 Å². The number of carboxylic acid groups (broad SMARTS) is 1. The number of nitrogens with zero attached hydrogens (tertiary/aromatic N) is 1. The number of piperidine rings is 1. The minimum absolute atomic E-state index is 0.298. The van der Waals surface area contributed by atoms with Gasteiger partial charge in [0, 0.05) is 6.54 Å². The molecule has 1 aromatic rings. The van der Waals surface area contributed by atoms with Crippen molar-refractivity contribution in [3.05, 3.63) is 34.1 Å². The van der Waals surface area contributed by atoms with Crippen LogP contribution in [0.3, 0.4) is 0 Å². The van der Waals surface area contributed by atoms with Gasteiger partial charge < -0.3 is 5.11 Å². The quantitative estimate of drug-likeness (QED) is 0.906. The predicted molar refractivity (Wildman–Crippen MR) is 78.9 cm³/mol. The summed E-state index contributed by atoms with van der Waals surface area (Å²) < 4.78 is 13.6. The summed E-state index contributed by atoms with van der Waals surface area (Å²) in [5.41, 5.74) is 0.930. The molecule has 0 radical (unpaired) electrons. The molecule has 1 heterocycles. The van der Waals surface area contributed by atoms with E-state index in [4.69, 9.17) is 0 Å². The van der Waals surface area contributed by atoms with E-state index in [-0.39, 0.29) is 5.82 Å². The van der Waals surface area contributed by atoms with Gasteiger partial charge >= 0.3 is 5.97 Å². The molecule has 1 aromatic carbocycles. The average Bonchev–Trinajstić information content (AvgIpc) is 2.43. The van der Waals surface area contributed by atoms with Gasteiger partial charge in [0.15, 0.2) is 0 Å². The molecular weight excluding hydrogens is 325 g/mol. The number of likely N-dealkylation sites (tertiary alicyclic amines) is 1. The van der Waals surface area contributed by atoms with Crippen LogP contribution in [0.4, 0.5) is 4.39 Å². The van der Waals surface area contributed by atoms with E-state index >= 15 is 0 Å². The molecule has 0 aliphatic carbocycles. The van der Waals surface area contributed by atoms with Gasteiger partial charge in [-0.05, 0) is 58.9 Å². The molecule has 0 spiro atoms. The summed E-state index contributed by atoms with van der Waals surface area (Å²) in [6.07, 6.45) is 2.76. The van der Waals surface area contributed by atoms with Gasteiger partial charge in [-0.1, -0.05) is 19.4 Å². The molecule has 1 N–H and O–H groups in total. The van der Waals surface area contributed by atoms with Crippen LogP contribution in [-0.4, -0.2) is 28.6 Å². The van der Waals surface area contributed by atoms with E-state index in [1.807, 2.05) is 4.90 Å². The van der Waals surface area contributed by atoms with Crippen molar-refractivity contribution < 1.29 is 14.3 Å². The van der Waals surface area contributed by atoms with Gasteiger partial charge in [-0.15, -0.1) is 0 Å². The highest BCUT2D eigenvalue weighted by atomic mass is 79.9. The SMILES string of the molecule is CCC1CCN(Cc2ccc(F)c(Br)c2)C(C(=O)O)C1. The largest absolute Gasteiger partial charge is 0.480 e. The van der Waals surface area contributed by atoms with E-state index in [1.54, 1.807) is 12.1 Å². The summed E-state index contributed by atoms with van der Waals surface area (Å²) >= 11 is 3.17. The molecule has 0 amide bonds. The molecule has 1 aliphatic heterocycles. The minimum atomic E-state index is -0.760. The number of carboxylic acids is 1. The second-order valence-electron chi connectivity index (χ2n) is 5.37. The smallest absolute Gasteiger partial charge is 0.320 e. The summed E-state index contributed by atoms with van der Waals surface area (Å²) in [6, 6.07) is 4.41. The maximum absolute atomic E-state index is 13.2. The van der Waals surface area contributed by atoms with Gasteiger partial charge in [0.1, 0.15) is 11.9 Å². The Kier molecular flexibility index (Phi) is 5.16. The molecule has 2 rings (SSSR count). The van der Waals surface area contributed by atoms with Crippen LogP contribution >= 0.6 is 15.9 Å². The molecule has 1 saturated heterocycles. The summed E-state index contributed by atoms with van der Waals surface area (Å²) in [4.78, 5) is 13.4. The number of rotatable bonds is 4. The van der Waals surface area contributed by atoms with Gasteiger partial charge in [-0.2, -0.15) is 0 Å². The van der Waals surface area contributed by atoms with Crippen molar-refractivity contribution in [2.45, 2.75) is 38.8 Å². The Morgan fingerprint density at radius 3 is 2.90 bits per heavy atom. The number of aliphatic carboxylic acids is 1. The van der Waals surface area contributed by atoms with Gasteiger partial charge in [0.25, 0.3) is 0 Å². The highest BCUT2D eigenvalue weighted by molar-refractivity contribution is 9.10. The zero-order chi connectivity index (χ0) is 14.7. The Balaban J connectivity index is 2.10. The summed E-state index contributed by atoms with van der Waals surface area (Å²) in [5, 5.41) is 9.39. The standard InChI is InChI=1S/C15H19BrFNO2/c1-2-10-5-6-18(14(8-10)15(19)20)9-11-3-4-13(17)12(16)7-11/h3-4,7,10,14H,2,5-6,8-9H2,1H3,(H,19,20). The molecule has 2 unspecified atom stereocenters. The molecule has 1 fully saturated rings. The van der Waals surface area contributed by atoms with Gasteiger partial charge in [0.2, 0.25) is 0 Å². The Bertz CT molecular complexity index is 495. The first kappa shape index (κ1) is 15.4. The first-order chi connectivity index (χ1) is 9.51. The Morgan fingerprint density at radius 1 is 1.55 bits per heavy atom. The lowest BCUT2D eigenvalue weighted by Crippen LogP contribution is -2.46. The van der Waals surface area contributed by atoms with Gasteiger partial charge in [0.05, 0.1) is 4.47 Å². The Hall–Kier alpha value is -0.940. The number of carbonyl (C=O) groups is 1. The van der Waals surface area contributed by atoms with E-state index in [2.05, 4.69) is 22.9 Å². The van der Waals surface area contributed by atoms with Crippen LogP contribution in [0.5, 0.6) is 0 Å². The summed E-state index contributed by atoms with van der Waals surface area (Å²) in [6.45, 7) is 3.44. The molecule has 5 heteroatoms. The van der Waals surface area contributed by atoms with Crippen LogP contribution in [0.2, 0.25) is 0 Å². The summed E-state index contributed by atoms with van der Waals surface area (Å²) in [7, 11) is 0. The fourth-order valence-corrected chi connectivity index (χ4v) is 3.20. The number of hydrogen-bond acceptors (Lipinski definition) is 2. The van der Waals surface area contributed by atoms with Crippen molar-refractivity contribution in [3.8, 4) is 0 Å². The van der Waals surface area contributed by atoms with Crippen molar-refractivity contribution in [1.29, 1.82) is 0 Å². The molecule has 20 heavy (non-hydrogen) atoms. The minimum Gasteiger partial charge on any atom is -0.480 e. The van der Waals surface area contributed by atoms with Gasteiger partial charge in [-0.25, -0.2) is 4.39 Å². The van der Waals surface area contributed by atoms with E-state index in [1.165, 1.54) is 6.07 Å². The highest BCUT2D eigenvalue weighted by Gasteiger charge is 2.32. The van der Waals surface area contributed by atoms with Crippen molar-refractivity contribution >= 4 is 21.9 Å².